The van der Waals surface area contributed by atoms with Crippen molar-refractivity contribution < 1.29 is 19.0 Å². The molecule has 1 unspecified atom stereocenters. The Bertz CT molecular complexity index is 464. The topological polar surface area (TPSA) is 44.8 Å². The summed E-state index contributed by atoms with van der Waals surface area (Å²) in [6.07, 6.45) is 3.96. The Morgan fingerprint density at radius 3 is 2.58 bits per heavy atom. The number of esters is 1. The van der Waals surface area contributed by atoms with Crippen LogP contribution in [0, 0.1) is 0 Å². The lowest BCUT2D eigenvalue weighted by molar-refractivity contribution is -0.234. The number of benzene rings is 1. The van der Waals surface area contributed by atoms with Gasteiger partial charge in [0, 0.05) is 19.8 Å². The van der Waals surface area contributed by atoms with Crippen molar-refractivity contribution in [2.75, 3.05) is 6.61 Å². The summed E-state index contributed by atoms with van der Waals surface area (Å²) < 4.78 is 17.2. The standard InChI is InChI=1S/C15H18O4/c1-14(11-17-15(19-14)9-5-6-10-15)18-13(16)12-7-3-2-4-8-12/h2-4,7-8H,5-6,9-11H2,1H3. The molecule has 1 heterocycles. The van der Waals surface area contributed by atoms with Crippen LogP contribution in [0.4, 0.5) is 0 Å². The quantitative estimate of drug-likeness (QED) is 0.769. The molecule has 1 atom stereocenters. The largest absolute Gasteiger partial charge is 0.427 e. The van der Waals surface area contributed by atoms with Crippen LogP contribution in [0.3, 0.4) is 0 Å². The zero-order chi connectivity index (χ0) is 13.3. The third-order valence-electron chi connectivity index (χ3n) is 3.68. The summed E-state index contributed by atoms with van der Waals surface area (Å²) in [5.74, 6) is -1.87. The lowest BCUT2D eigenvalue weighted by atomic mass is 10.2. The molecule has 4 heteroatoms. The van der Waals surface area contributed by atoms with Gasteiger partial charge in [-0.1, -0.05) is 18.2 Å². The SMILES string of the molecule is CC1(OC(=O)c2ccccc2)COC2(CCCC2)O1. The van der Waals surface area contributed by atoms with E-state index in [4.69, 9.17) is 14.2 Å². The number of hydrogen-bond acceptors (Lipinski definition) is 4. The van der Waals surface area contributed by atoms with Gasteiger partial charge < -0.3 is 14.2 Å². The van der Waals surface area contributed by atoms with Crippen LogP contribution in [0.25, 0.3) is 0 Å². The number of ether oxygens (including phenoxy) is 3. The molecule has 4 nitrogen and oxygen atoms in total. The van der Waals surface area contributed by atoms with Gasteiger partial charge in [-0.2, -0.15) is 0 Å². The lowest BCUT2D eigenvalue weighted by Crippen LogP contribution is -2.37. The fourth-order valence-corrected chi connectivity index (χ4v) is 2.75. The number of rotatable bonds is 2. The minimum atomic E-state index is -0.975. The van der Waals surface area contributed by atoms with E-state index in [1.807, 2.05) is 18.2 Å². The van der Waals surface area contributed by atoms with Gasteiger partial charge in [0.05, 0.1) is 5.56 Å². The van der Waals surface area contributed by atoms with Gasteiger partial charge in [-0.3, -0.25) is 0 Å². The fraction of sp³-hybridized carbons (Fsp3) is 0.533. The van der Waals surface area contributed by atoms with Crippen LogP contribution in [-0.2, 0) is 14.2 Å². The first-order chi connectivity index (χ1) is 9.11. The van der Waals surface area contributed by atoms with Crippen LogP contribution in [0.15, 0.2) is 30.3 Å². The first kappa shape index (κ1) is 12.6. The van der Waals surface area contributed by atoms with Crippen LogP contribution in [0.1, 0.15) is 43.0 Å². The summed E-state index contributed by atoms with van der Waals surface area (Å²) in [4.78, 5) is 12.1. The highest BCUT2D eigenvalue weighted by molar-refractivity contribution is 5.89. The molecule has 19 heavy (non-hydrogen) atoms. The molecule has 0 amide bonds. The molecule has 1 saturated heterocycles. The molecule has 1 spiro atoms. The molecule has 1 aliphatic heterocycles. The second kappa shape index (κ2) is 4.62. The van der Waals surface area contributed by atoms with Crippen molar-refractivity contribution in [2.24, 2.45) is 0 Å². The van der Waals surface area contributed by atoms with Gasteiger partial charge in [0.1, 0.15) is 6.61 Å². The van der Waals surface area contributed by atoms with Crippen LogP contribution in [-0.4, -0.2) is 24.2 Å². The molecule has 0 radical (unpaired) electrons. The Morgan fingerprint density at radius 2 is 1.89 bits per heavy atom. The van der Waals surface area contributed by atoms with E-state index in [0.29, 0.717) is 12.2 Å². The van der Waals surface area contributed by atoms with E-state index < -0.39 is 11.6 Å². The first-order valence-electron chi connectivity index (χ1n) is 6.73. The molecular formula is C15H18O4. The molecule has 2 aliphatic rings. The third-order valence-corrected chi connectivity index (χ3v) is 3.68. The highest BCUT2D eigenvalue weighted by atomic mass is 16.8. The molecule has 102 valence electrons. The second-order valence-corrected chi connectivity index (χ2v) is 5.40. The third kappa shape index (κ3) is 2.51. The van der Waals surface area contributed by atoms with E-state index >= 15 is 0 Å². The predicted octanol–water partition coefficient (Wildman–Crippen LogP) is 2.88. The molecule has 0 N–H and O–H groups in total. The van der Waals surface area contributed by atoms with E-state index in [1.165, 1.54) is 0 Å². The number of carbonyl (C=O) groups is 1. The maximum atomic E-state index is 12.1. The zero-order valence-corrected chi connectivity index (χ0v) is 11.1. The van der Waals surface area contributed by atoms with Crippen LogP contribution < -0.4 is 0 Å². The molecule has 1 saturated carbocycles. The summed E-state index contributed by atoms with van der Waals surface area (Å²) in [6.45, 7) is 2.06. The van der Waals surface area contributed by atoms with Gasteiger partial charge in [-0.25, -0.2) is 4.79 Å². The zero-order valence-electron chi connectivity index (χ0n) is 11.1. The highest BCUT2D eigenvalue weighted by Crippen LogP contribution is 2.43. The minimum absolute atomic E-state index is 0.297. The van der Waals surface area contributed by atoms with E-state index in [1.54, 1.807) is 19.1 Å². The monoisotopic (exact) mass is 262 g/mol. The second-order valence-electron chi connectivity index (χ2n) is 5.40. The van der Waals surface area contributed by atoms with Gasteiger partial charge in [-0.15, -0.1) is 0 Å². The van der Waals surface area contributed by atoms with E-state index in [2.05, 4.69) is 0 Å². The molecule has 2 fully saturated rings. The fourth-order valence-electron chi connectivity index (χ4n) is 2.75. The van der Waals surface area contributed by atoms with Crippen molar-refractivity contribution in [3.63, 3.8) is 0 Å². The average Bonchev–Trinajstić information content (AvgIpc) is 2.99. The normalized spacial score (nSPS) is 28.7. The molecule has 1 aromatic carbocycles. The Morgan fingerprint density at radius 1 is 1.21 bits per heavy atom. The van der Waals surface area contributed by atoms with Gasteiger partial charge in [-0.05, 0) is 25.0 Å². The highest BCUT2D eigenvalue weighted by Gasteiger charge is 2.51. The molecule has 1 aromatic rings. The van der Waals surface area contributed by atoms with Crippen LogP contribution in [0.2, 0.25) is 0 Å². The Labute approximate surface area is 112 Å². The lowest BCUT2D eigenvalue weighted by Gasteiger charge is -2.26. The van der Waals surface area contributed by atoms with Crippen molar-refractivity contribution in [2.45, 2.75) is 44.2 Å². The smallest absolute Gasteiger partial charge is 0.340 e. The van der Waals surface area contributed by atoms with Crippen LogP contribution in [0.5, 0.6) is 0 Å². The molecule has 0 bridgehead atoms. The summed E-state index contributed by atoms with van der Waals surface area (Å²) >= 11 is 0. The Balaban J connectivity index is 1.68. The predicted molar refractivity (Wildman–Crippen MR) is 68.5 cm³/mol. The summed E-state index contributed by atoms with van der Waals surface area (Å²) in [7, 11) is 0. The Kier molecular flexibility index (Phi) is 3.07. The summed E-state index contributed by atoms with van der Waals surface area (Å²) in [5.41, 5.74) is 0.527. The van der Waals surface area contributed by atoms with Crippen molar-refractivity contribution in [3.05, 3.63) is 35.9 Å². The van der Waals surface area contributed by atoms with Gasteiger partial charge in [0.15, 0.2) is 5.79 Å². The van der Waals surface area contributed by atoms with E-state index in [-0.39, 0.29) is 5.97 Å². The van der Waals surface area contributed by atoms with Gasteiger partial charge in [0.25, 0.3) is 0 Å². The van der Waals surface area contributed by atoms with Gasteiger partial charge >= 0.3 is 5.97 Å². The molecular weight excluding hydrogens is 244 g/mol. The summed E-state index contributed by atoms with van der Waals surface area (Å²) in [6, 6.07) is 8.94. The number of carbonyl (C=O) groups excluding carboxylic acids is 1. The maximum Gasteiger partial charge on any atom is 0.340 e. The van der Waals surface area contributed by atoms with E-state index in [0.717, 1.165) is 25.7 Å². The Hall–Kier alpha value is -1.39. The van der Waals surface area contributed by atoms with Crippen molar-refractivity contribution in [1.29, 1.82) is 0 Å². The van der Waals surface area contributed by atoms with Crippen LogP contribution >= 0.6 is 0 Å². The average molecular weight is 262 g/mol. The van der Waals surface area contributed by atoms with Crippen molar-refractivity contribution in [1.82, 2.24) is 0 Å². The minimum Gasteiger partial charge on any atom is -0.427 e. The molecule has 3 rings (SSSR count). The van der Waals surface area contributed by atoms with Crippen molar-refractivity contribution >= 4 is 5.97 Å². The maximum absolute atomic E-state index is 12.1. The molecule has 0 aromatic heterocycles. The summed E-state index contributed by atoms with van der Waals surface area (Å²) in [5, 5.41) is 0. The number of hydrogen-bond donors (Lipinski definition) is 0. The molecule has 1 aliphatic carbocycles. The van der Waals surface area contributed by atoms with Crippen molar-refractivity contribution in [3.8, 4) is 0 Å². The van der Waals surface area contributed by atoms with Gasteiger partial charge in [0.2, 0.25) is 5.79 Å². The first-order valence-corrected chi connectivity index (χ1v) is 6.73. The van der Waals surface area contributed by atoms with E-state index in [9.17, 15) is 4.79 Å².